The number of nitrogens with one attached hydrogen (secondary N) is 1. The van der Waals surface area contributed by atoms with Crippen molar-refractivity contribution >= 4 is 48.4 Å². The quantitative estimate of drug-likeness (QED) is 0.205. The molecule has 50 heavy (non-hydrogen) atoms. The lowest BCUT2D eigenvalue weighted by atomic mass is 9.78. The number of hydrogen-bond acceptors (Lipinski definition) is 11. The van der Waals surface area contributed by atoms with Crippen LogP contribution in [0, 0.1) is 13.8 Å². The summed E-state index contributed by atoms with van der Waals surface area (Å²) in [6.45, 7) is 22.7. The van der Waals surface area contributed by atoms with E-state index in [4.69, 9.17) is 33.3 Å². The second-order valence-corrected chi connectivity index (χ2v) is 15.2. The van der Waals surface area contributed by atoms with Crippen LogP contribution >= 0.6 is 0 Å². The van der Waals surface area contributed by atoms with Crippen molar-refractivity contribution in [1.29, 1.82) is 0 Å². The van der Waals surface area contributed by atoms with Crippen LogP contribution in [-0.4, -0.2) is 69.2 Å². The summed E-state index contributed by atoms with van der Waals surface area (Å²) in [5.74, 6) is 1.49. The number of ether oxygens (including phenoxy) is 1. The first-order chi connectivity index (χ1) is 23.4. The molecule has 2 aromatic carbocycles. The first-order valence-corrected chi connectivity index (χ1v) is 17.2. The van der Waals surface area contributed by atoms with E-state index in [1.165, 1.54) is 0 Å². The summed E-state index contributed by atoms with van der Waals surface area (Å²) in [5.41, 5.74) is 2.90. The molecule has 1 unspecified atom stereocenters. The molecule has 0 spiro atoms. The zero-order valence-corrected chi connectivity index (χ0v) is 31.1. The van der Waals surface area contributed by atoms with Gasteiger partial charge in [-0.05, 0) is 123 Å². The first-order valence-electron chi connectivity index (χ1n) is 17.2. The monoisotopic (exact) mass is 678 g/mol. The summed E-state index contributed by atoms with van der Waals surface area (Å²) >= 11 is 0. The number of benzene rings is 2. The average Bonchev–Trinajstić information content (AvgIpc) is 3.40. The Labute approximate surface area is 296 Å². The van der Waals surface area contributed by atoms with Gasteiger partial charge in [-0.2, -0.15) is 4.98 Å². The van der Waals surface area contributed by atoms with Crippen molar-refractivity contribution in [3.05, 3.63) is 78.2 Å². The van der Waals surface area contributed by atoms with E-state index >= 15 is 0 Å². The molecule has 4 heterocycles. The van der Waals surface area contributed by atoms with Crippen molar-refractivity contribution in [3.63, 3.8) is 0 Å². The summed E-state index contributed by atoms with van der Waals surface area (Å²) < 4.78 is 32.5. The maximum absolute atomic E-state index is 6.90. The van der Waals surface area contributed by atoms with Gasteiger partial charge in [-0.15, -0.1) is 0 Å². The molecular weight excluding hydrogens is 630 g/mol. The van der Waals surface area contributed by atoms with E-state index in [-0.39, 0.29) is 6.10 Å². The number of rotatable bonds is 10. The van der Waals surface area contributed by atoms with Crippen molar-refractivity contribution in [2.24, 2.45) is 0 Å². The van der Waals surface area contributed by atoms with Gasteiger partial charge in [0.25, 0.3) is 0 Å². The second kappa shape index (κ2) is 13.3. The minimum Gasteiger partial charge on any atom is -0.475 e. The summed E-state index contributed by atoms with van der Waals surface area (Å²) in [5, 5.41) is 3.30. The Morgan fingerprint density at radius 2 is 1.44 bits per heavy atom. The van der Waals surface area contributed by atoms with Crippen LogP contribution in [0.4, 0.5) is 23.3 Å². The Balaban J connectivity index is 1.35. The number of aryl methyl sites for hydroxylation is 2. The molecule has 1 N–H and O–H groups in total. The molecule has 4 aromatic rings. The highest BCUT2D eigenvalue weighted by Crippen LogP contribution is 2.41. The van der Waals surface area contributed by atoms with Gasteiger partial charge in [-0.3, -0.25) is 0 Å². The zero-order chi connectivity index (χ0) is 36.1. The van der Waals surface area contributed by atoms with E-state index in [0.29, 0.717) is 24.3 Å². The van der Waals surface area contributed by atoms with E-state index in [9.17, 15) is 0 Å². The molecule has 2 aliphatic rings. The third-order valence-corrected chi connectivity index (χ3v) is 9.85. The standard InChI is InChI=1S/C37H48B2N6O5/c1-24(2)46-31-16-18-41-33(44-31)45(30-20-25(3)19-28(22-30)39-47-34(5,6)35(7,8)48-39)23-37(11)36(9,10)49-38(50-37)27-13-12-14-29(21-27)43-32-40-17-15-26(4)42-32/h12-22,24H,23H2,1-11H3,(H,40,42,43). The fraction of sp³-hybridized carbons (Fsp3) is 0.459. The lowest BCUT2D eigenvalue weighted by molar-refractivity contribution is -0.00198. The van der Waals surface area contributed by atoms with Gasteiger partial charge in [0.05, 0.1) is 35.1 Å². The highest BCUT2D eigenvalue weighted by molar-refractivity contribution is 6.62. The maximum Gasteiger partial charge on any atom is 0.494 e. The molecule has 262 valence electrons. The van der Waals surface area contributed by atoms with Gasteiger partial charge < -0.3 is 33.6 Å². The number of hydrogen-bond donors (Lipinski definition) is 1. The van der Waals surface area contributed by atoms with Crippen molar-refractivity contribution in [3.8, 4) is 5.88 Å². The van der Waals surface area contributed by atoms with E-state index in [2.05, 4.69) is 93.8 Å². The van der Waals surface area contributed by atoms with Crippen LogP contribution in [0.2, 0.25) is 0 Å². The normalized spacial score (nSPS) is 20.7. The Morgan fingerprint density at radius 1 is 0.760 bits per heavy atom. The number of aromatic nitrogens is 4. The molecular formula is C37H48B2N6O5. The molecule has 1 atom stereocenters. The minimum atomic E-state index is -0.826. The van der Waals surface area contributed by atoms with Crippen LogP contribution in [0.3, 0.4) is 0 Å². The summed E-state index contributed by atoms with van der Waals surface area (Å²) in [7, 11) is -1.17. The van der Waals surface area contributed by atoms with Crippen molar-refractivity contribution in [2.75, 3.05) is 16.8 Å². The summed E-state index contributed by atoms with van der Waals surface area (Å²) in [6, 6.07) is 17.9. The first kappa shape index (κ1) is 35.8. The predicted molar refractivity (Wildman–Crippen MR) is 198 cm³/mol. The molecule has 2 fully saturated rings. The molecule has 0 saturated carbocycles. The fourth-order valence-corrected chi connectivity index (χ4v) is 5.97. The van der Waals surface area contributed by atoms with Crippen molar-refractivity contribution in [2.45, 2.75) is 105 Å². The predicted octanol–water partition coefficient (Wildman–Crippen LogP) is 5.83. The summed E-state index contributed by atoms with van der Waals surface area (Å²) in [6.07, 6.45) is 3.40. The average molecular weight is 678 g/mol. The molecule has 0 bridgehead atoms. The van der Waals surface area contributed by atoms with Gasteiger partial charge in [0.2, 0.25) is 17.8 Å². The zero-order valence-electron chi connectivity index (χ0n) is 31.1. The molecule has 0 amide bonds. The third kappa shape index (κ3) is 7.37. The fourth-order valence-electron chi connectivity index (χ4n) is 5.97. The Bertz CT molecular complexity index is 1840. The van der Waals surface area contributed by atoms with Crippen molar-refractivity contribution in [1.82, 2.24) is 19.9 Å². The van der Waals surface area contributed by atoms with Crippen LogP contribution in [0.15, 0.2) is 67.0 Å². The largest absolute Gasteiger partial charge is 0.494 e. The molecule has 2 aromatic heterocycles. The van der Waals surface area contributed by atoms with Crippen LogP contribution in [0.5, 0.6) is 5.88 Å². The van der Waals surface area contributed by atoms with E-state index in [0.717, 1.165) is 33.6 Å². The van der Waals surface area contributed by atoms with Crippen LogP contribution < -0.4 is 25.9 Å². The smallest absolute Gasteiger partial charge is 0.475 e. The van der Waals surface area contributed by atoms with E-state index < -0.39 is 36.6 Å². The summed E-state index contributed by atoms with van der Waals surface area (Å²) in [4.78, 5) is 20.5. The van der Waals surface area contributed by atoms with E-state index in [1.54, 1.807) is 18.5 Å². The highest BCUT2D eigenvalue weighted by Gasteiger charge is 2.56. The SMILES string of the molecule is Cc1cc(B2OC(C)(C)C(C)(C)O2)cc(N(CC2(C)OB(c3cccc(Nc4nccc(C)n4)c3)OC2(C)C)c2nccc(OC(C)C)n2)c1. The van der Waals surface area contributed by atoms with Gasteiger partial charge >= 0.3 is 14.2 Å². The Hall–Kier alpha value is -4.03. The van der Waals surface area contributed by atoms with E-state index in [1.807, 2.05) is 51.1 Å². The molecule has 0 aliphatic carbocycles. The lowest BCUT2D eigenvalue weighted by Crippen LogP contribution is -2.52. The second-order valence-electron chi connectivity index (χ2n) is 15.2. The minimum absolute atomic E-state index is 0.0494. The molecule has 11 nitrogen and oxygen atoms in total. The van der Waals surface area contributed by atoms with Crippen LogP contribution in [-0.2, 0) is 18.6 Å². The van der Waals surface area contributed by atoms with Gasteiger partial charge in [-0.25, -0.2) is 15.0 Å². The third-order valence-electron chi connectivity index (χ3n) is 9.85. The highest BCUT2D eigenvalue weighted by atomic mass is 16.7. The van der Waals surface area contributed by atoms with Crippen molar-refractivity contribution < 1.29 is 23.4 Å². The van der Waals surface area contributed by atoms with Crippen LogP contribution in [0.1, 0.15) is 73.6 Å². The molecule has 2 aliphatic heterocycles. The van der Waals surface area contributed by atoms with Crippen LogP contribution in [0.25, 0.3) is 0 Å². The maximum atomic E-state index is 6.90. The number of anilines is 4. The van der Waals surface area contributed by atoms with Gasteiger partial charge in [0, 0.05) is 35.5 Å². The molecule has 0 radical (unpaired) electrons. The Kier molecular flexibility index (Phi) is 9.49. The molecule has 13 heteroatoms. The van der Waals surface area contributed by atoms with Gasteiger partial charge in [-0.1, -0.05) is 18.2 Å². The lowest BCUT2D eigenvalue weighted by Gasteiger charge is -2.40. The topological polar surface area (TPSA) is 113 Å². The van der Waals surface area contributed by atoms with Gasteiger partial charge in [0.15, 0.2) is 0 Å². The molecule has 6 rings (SSSR count). The Morgan fingerprint density at radius 3 is 2.14 bits per heavy atom. The number of nitrogens with zero attached hydrogens (tertiary/aromatic N) is 5. The molecule has 2 saturated heterocycles. The van der Waals surface area contributed by atoms with Gasteiger partial charge in [0.1, 0.15) is 0 Å².